The van der Waals surface area contributed by atoms with Crippen molar-refractivity contribution >= 4 is 5.78 Å². The van der Waals surface area contributed by atoms with E-state index in [1.165, 1.54) is 6.08 Å². The van der Waals surface area contributed by atoms with E-state index in [-0.39, 0.29) is 16.9 Å². The van der Waals surface area contributed by atoms with E-state index in [1.54, 1.807) is 0 Å². The normalized spacial score (nSPS) is 27.4. The number of hydrogen-bond acceptors (Lipinski definition) is 3. The van der Waals surface area contributed by atoms with Gasteiger partial charge in [0.2, 0.25) is 0 Å². The molecule has 0 aromatic heterocycles. The lowest BCUT2D eigenvalue weighted by molar-refractivity contribution is -0.148. The Kier molecular flexibility index (Phi) is 3.08. The van der Waals surface area contributed by atoms with Crippen molar-refractivity contribution in [1.29, 1.82) is 0 Å². The highest BCUT2D eigenvalue weighted by Crippen LogP contribution is 2.37. The summed E-state index contributed by atoms with van der Waals surface area (Å²) in [5, 5.41) is 9.94. The summed E-state index contributed by atoms with van der Waals surface area (Å²) in [7, 11) is 0. The maximum atomic E-state index is 11.6. The molecule has 15 heavy (non-hydrogen) atoms. The van der Waals surface area contributed by atoms with Crippen LogP contribution in [-0.4, -0.2) is 33.1 Å². The topological polar surface area (TPSA) is 40.5 Å². The van der Waals surface area contributed by atoms with E-state index < -0.39 is 6.23 Å². The fourth-order valence-corrected chi connectivity index (χ4v) is 2.84. The van der Waals surface area contributed by atoms with Gasteiger partial charge in [-0.25, -0.2) is 0 Å². The van der Waals surface area contributed by atoms with Crippen LogP contribution in [0.15, 0.2) is 12.7 Å². The number of rotatable bonds is 2. The monoisotopic (exact) mass is 211 g/mol. The Bertz CT molecular complexity index is 261. The summed E-state index contributed by atoms with van der Waals surface area (Å²) < 4.78 is 0. The van der Waals surface area contributed by atoms with E-state index in [0.29, 0.717) is 12.8 Å². The van der Waals surface area contributed by atoms with E-state index in [0.717, 1.165) is 0 Å². The fourth-order valence-electron chi connectivity index (χ4n) is 2.84. The molecule has 0 saturated carbocycles. The average molecular weight is 211 g/mol. The highest BCUT2D eigenvalue weighted by Gasteiger charge is 2.46. The molecule has 1 aliphatic heterocycles. The van der Waals surface area contributed by atoms with Crippen LogP contribution < -0.4 is 0 Å². The number of aliphatic hydroxyl groups excluding tert-OH is 1. The molecule has 0 bridgehead atoms. The van der Waals surface area contributed by atoms with Gasteiger partial charge in [0, 0.05) is 23.9 Å². The largest absolute Gasteiger partial charge is 0.375 e. The van der Waals surface area contributed by atoms with Gasteiger partial charge in [0.1, 0.15) is 12.0 Å². The van der Waals surface area contributed by atoms with Gasteiger partial charge in [-0.3, -0.25) is 9.69 Å². The van der Waals surface area contributed by atoms with Crippen molar-refractivity contribution in [3.05, 3.63) is 12.7 Å². The molecule has 1 fully saturated rings. The van der Waals surface area contributed by atoms with Crippen LogP contribution in [0.25, 0.3) is 0 Å². The number of hydrogen-bond donors (Lipinski definition) is 1. The van der Waals surface area contributed by atoms with E-state index in [4.69, 9.17) is 0 Å². The summed E-state index contributed by atoms with van der Waals surface area (Å²) in [4.78, 5) is 13.6. The highest BCUT2D eigenvalue weighted by molar-refractivity contribution is 5.81. The van der Waals surface area contributed by atoms with Crippen LogP contribution in [0, 0.1) is 0 Å². The summed E-state index contributed by atoms with van der Waals surface area (Å²) in [6, 6.07) is 0. The second kappa shape index (κ2) is 3.72. The Morgan fingerprint density at radius 3 is 2.07 bits per heavy atom. The van der Waals surface area contributed by atoms with Crippen molar-refractivity contribution in [2.45, 2.75) is 57.8 Å². The average Bonchev–Trinajstić information content (AvgIpc) is 1.97. The zero-order valence-electron chi connectivity index (χ0n) is 10.1. The van der Waals surface area contributed by atoms with Crippen LogP contribution in [-0.2, 0) is 4.79 Å². The third-order valence-corrected chi connectivity index (χ3v) is 3.04. The standard InChI is InChI=1S/C12H21NO2/c1-6-10(15)13-11(2,3)7-9(14)8-12(13,4)5/h6,10,15H,1,7-8H2,2-5H3. The zero-order valence-corrected chi connectivity index (χ0v) is 10.1. The van der Waals surface area contributed by atoms with Gasteiger partial charge >= 0.3 is 0 Å². The molecular weight excluding hydrogens is 190 g/mol. The number of Topliss-reactive ketones (excluding diaryl/α,β-unsaturated/α-hetero) is 1. The third-order valence-electron chi connectivity index (χ3n) is 3.04. The van der Waals surface area contributed by atoms with E-state index >= 15 is 0 Å². The second-order valence-corrected chi connectivity index (χ2v) is 5.54. The van der Waals surface area contributed by atoms with Gasteiger partial charge in [0.05, 0.1) is 0 Å². The molecule has 0 aromatic rings. The number of carbonyl (C=O) groups excluding carboxylic acids is 1. The zero-order chi connectivity index (χ0) is 11.9. The number of nitrogens with zero attached hydrogens (tertiary/aromatic N) is 1. The summed E-state index contributed by atoms with van der Waals surface area (Å²) in [5.74, 6) is 0.262. The molecule has 1 unspecified atom stereocenters. The van der Waals surface area contributed by atoms with Gasteiger partial charge in [-0.15, -0.1) is 0 Å². The van der Waals surface area contributed by atoms with Crippen molar-refractivity contribution in [2.24, 2.45) is 0 Å². The van der Waals surface area contributed by atoms with E-state index in [1.807, 2.05) is 32.6 Å². The Morgan fingerprint density at radius 1 is 1.33 bits per heavy atom. The number of ketones is 1. The van der Waals surface area contributed by atoms with E-state index in [2.05, 4.69) is 6.58 Å². The Morgan fingerprint density at radius 2 is 1.73 bits per heavy atom. The van der Waals surface area contributed by atoms with Crippen molar-refractivity contribution < 1.29 is 9.90 Å². The lowest BCUT2D eigenvalue weighted by atomic mass is 9.79. The summed E-state index contributed by atoms with van der Waals surface area (Å²) in [5.41, 5.74) is -0.626. The maximum absolute atomic E-state index is 11.6. The van der Waals surface area contributed by atoms with Crippen molar-refractivity contribution in [3.8, 4) is 0 Å². The fraction of sp³-hybridized carbons (Fsp3) is 0.750. The molecule has 86 valence electrons. The molecule has 1 saturated heterocycles. The minimum atomic E-state index is -0.692. The highest BCUT2D eigenvalue weighted by atomic mass is 16.3. The summed E-state index contributed by atoms with van der Waals surface area (Å²) >= 11 is 0. The maximum Gasteiger partial charge on any atom is 0.136 e. The molecular formula is C12H21NO2. The quantitative estimate of drug-likeness (QED) is 0.707. The Balaban J connectivity index is 3.07. The van der Waals surface area contributed by atoms with Gasteiger partial charge in [-0.05, 0) is 33.8 Å². The lowest BCUT2D eigenvalue weighted by Gasteiger charge is -2.53. The molecule has 0 amide bonds. The summed E-state index contributed by atoms with van der Waals surface area (Å²) in [6.07, 6.45) is 1.80. The van der Waals surface area contributed by atoms with Crippen LogP contribution in [0.5, 0.6) is 0 Å². The third kappa shape index (κ3) is 2.29. The number of carbonyl (C=O) groups is 1. The molecule has 0 aliphatic carbocycles. The predicted molar refractivity (Wildman–Crippen MR) is 60.4 cm³/mol. The first kappa shape index (κ1) is 12.4. The SMILES string of the molecule is C=CC(O)N1C(C)(C)CC(=O)CC1(C)C. The van der Waals surface area contributed by atoms with Crippen LogP contribution in [0.1, 0.15) is 40.5 Å². The number of likely N-dealkylation sites (tertiary alicyclic amines) is 1. The Labute approximate surface area is 91.8 Å². The Hall–Kier alpha value is -0.670. The molecule has 0 radical (unpaired) electrons. The first-order valence-corrected chi connectivity index (χ1v) is 5.32. The first-order valence-electron chi connectivity index (χ1n) is 5.32. The minimum Gasteiger partial charge on any atom is -0.375 e. The molecule has 1 N–H and O–H groups in total. The van der Waals surface area contributed by atoms with Crippen LogP contribution in [0.4, 0.5) is 0 Å². The predicted octanol–water partition coefficient (Wildman–Crippen LogP) is 1.71. The van der Waals surface area contributed by atoms with Gasteiger partial charge in [0.15, 0.2) is 0 Å². The molecule has 3 nitrogen and oxygen atoms in total. The van der Waals surface area contributed by atoms with Gasteiger partial charge in [-0.1, -0.05) is 6.58 Å². The molecule has 1 atom stereocenters. The van der Waals surface area contributed by atoms with Crippen molar-refractivity contribution in [2.75, 3.05) is 0 Å². The van der Waals surface area contributed by atoms with Gasteiger partial charge in [-0.2, -0.15) is 0 Å². The molecule has 1 aliphatic rings. The number of aliphatic hydroxyl groups is 1. The van der Waals surface area contributed by atoms with Crippen LogP contribution in [0.2, 0.25) is 0 Å². The lowest BCUT2D eigenvalue weighted by Crippen LogP contribution is -2.64. The smallest absolute Gasteiger partial charge is 0.136 e. The van der Waals surface area contributed by atoms with Gasteiger partial charge < -0.3 is 5.11 Å². The molecule has 0 spiro atoms. The minimum absolute atomic E-state index is 0.262. The first-order chi connectivity index (χ1) is 6.70. The summed E-state index contributed by atoms with van der Waals surface area (Å²) in [6.45, 7) is 11.5. The molecule has 3 heteroatoms. The van der Waals surface area contributed by atoms with Gasteiger partial charge in [0.25, 0.3) is 0 Å². The number of piperidine rings is 1. The second-order valence-electron chi connectivity index (χ2n) is 5.54. The molecule has 1 heterocycles. The van der Waals surface area contributed by atoms with Crippen LogP contribution in [0.3, 0.4) is 0 Å². The van der Waals surface area contributed by atoms with Crippen molar-refractivity contribution in [3.63, 3.8) is 0 Å². The molecule has 0 aromatic carbocycles. The van der Waals surface area contributed by atoms with Crippen LogP contribution >= 0.6 is 0 Å². The van der Waals surface area contributed by atoms with Crippen molar-refractivity contribution in [1.82, 2.24) is 4.90 Å². The van der Waals surface area contributed by atoms with E-state index in [9.17, 15) is 9.90 Å². The molecule has 1 rings (SSSR count).